The molecular weight excluding hydrogens is 382 g/mol. The molecule has 3 aromatic rings. The molecule has 0 unspecified atom stereocenters. The minimum atomic E-state index is -0.263. The molecule has 1 aliphatic rings. The predicted molar refractivity (Wildman–Crippen MR) is 109 cm³/mol. The summed E-state index contributed by atoms with van der Waals surface area (Å²) in [7, 11) is 0. The second-order valence-corrected chi connectivity index (χ2v) is 8.85. The molecule has 1 amide bonds. The molecule has 0 aromatic carbocycles. The minimum Gasteiger partial charge on any atom is -0.300 e. The first-order valence-electron chi connectivity index (χ1n) is 8.94. The average molecular weight is 404 g/mol. The zero-order valence-electron chi connectivity index (χ0n) is 15.3. The van der Waals surface area contributed by atoms with Crippen molar-refractivity contribution in [2.24, 2.45) is 0 Å². The normalized spacial score (nSPS) is 14.9. The fraction of sp³-hybridized carbons (Fsp3) is 0.444. The number of amides is 1. The van der Waals surface area contributed by atoms with Crippen molar-refractivity contribution in [3.8, 4) is 0 Å². The summed E-state index contributed by atoms with van der Waals surface area (Å²) in [5, 5.41) is 5.72. The maximum Gasteiger partial charge on any atom is 0.263 e. The number of anilines is 1. The van der Waals surface area contributed by atoms with Gasteiger partial charge in [0.1, 0.15) is 17.2 Å². The Kier molecular flexibility index (Phi) is 5.07. The predicted octanol–water partition coefficient (Wildman–Crippen LogP) is 2.77. The van der Waals surface area contributed by atoms with Crippen LogP contribution >= 0.6 is 22.7 Å². The van der Waals surface area contributed by atoms with Crippen LogP contribution in [0.4, 0.5) is 5.13 Å². The lowest BCUT2D eigenvalue weighted by atomic mass is 10.2. The van der Waals surface area contributed by atoms with Crippen LogP contribution < -0.4 is 10.9 Å². The summed E-state index contributed by atoms with van der Waals surface area (Å²) < 4.78 is 1.53. The number of hydrogen-bond donors (Lipinski definition) is 1. The van der Waals surface area contributed by atoms with Gasteiger partial charge in [-0.25, -0.2) is 9.97 Å². The second kappa shape index (κ2) is 7.49. The molecule has 3 aromatic heterocycles. The van der Waals surface area contributed by atoms with Gasteiger partial charge in [-0.1, -0.05) is 0 Å². The molecule has 0 aliphatic carbocycles. The van der Waals surface area contributed by atoms with Crippen LogP contribution in [-0.2, 0) is 17.9 Å². The van der Waals surface area contributed by atoms with Crippen molar-refractivity contribution < 1.29 is 4.79 Å². The van der Waals surface area contributed by atoms with E-state index in [0.717, 1.165) is 41.2 Å². The van der Waals surface area contributed by atoms with E-state index in [-0.39, 0.29) is 18.0 Å². The van der Waals surface area contributed by atoms with Gasteiger partial charge in [0.2, 0.25) is 5.91 Å². The number of hydrogen-bond acceptors (Lipinski definition) is 7. The van der Waals surface area contributed by atoms with Crippen LogP contribution in [-0.4, -0.2) is 38.4 Å². The van der Waals surface area contributed by atoms with Crippen molar-refractivity contribution in [2.75, 3.05) is 18.4 Å². The van der Waals surface area contributed by atoms with E-state index in [0.29, 0.717) is 22.9 Å². The second-order valence-electron chi connectivity index (χ2n) is 6.75. The van der Waals surface area contributed by atoms with Gasteiger partial charge in [0.15, 0.2) is 5.13 Å². The Morgan fingerprint density at radius 3 is 2.78 bits per heavy atom. The molecule has 1 N–H and O–H groups in total. The van der Waals surface area contributed by atoms with E-state index in [1.807, 2.05) is 13.8 Å². The van der Waals surface area contributed by atoms with Crippen molar-refractivity contribution in [1.82, 2.24) is 19.4 Å². The van der Waals surface area contributed by atoms with E-state index >= 15 is 0 Å². The molecular formula is C18H21N5O2S2. The standard InChI is InChI=1S/C18H21N5O2S2/c1-11-12(2)27-16-15(11)17(25)23(10-14(24)21-18-19-5-8-26-18)13(20-16)9-22-6-3-4-7-22/h5,8H,3-4,6-7,9-10H2,1-2H3,(H,19,21,24). The van der Waals surface area contributed by atoms with Gasteiger partial charge >= 0.3 is 0 Å². The van der Waals surface area contributed by atoms with Crippen LogP contribution in [0.5, 0.6) is 0 Å². The monoisotopic (exact) mass is 403 g/mol. The first-order chi connectivity index (χ1) is 13.0. The van der Waals surface area contributed by atoms with Crippen LogP contribution in [0.3, 0.4) is 0 Å². The lowest BCUT2D eigenvalue weighted by Crippen LogP contribution is -2.33. The summed E-state index contributed by atoms with van der Waals surface area (Å²) >= 11 is 2.90. The molecule has 142 valence electrons. The molecule has 0 saturated carbocycles. The Labute approximate surface area is 164 Å². The number of thiazole rings is 1. The Hall–Kier alpha value is -2.10. The highest BCUT2D eigenvalue weighted by molar-refractivity contribution is 7.18. The van der Waals surface area contributed by atoms with Gasteiger partial charge in [-0.05, 0) is 45.3 Å². The highest BCUT2D eigenvalue weighted by Crippen LogP contribution is 2.26. The molecule has 4 heterocycles. The molecule has 1 aliphatic heterocycles. The van der Waals surface area contributed by atoms with Gasteiger partial charge in [-0.15, -0.1) is 22.7 Å². The lowest BCUT2D eigenvalue weighted by Gasteiger charge is -2.18. The molecule has 0 atom stereocenters. The van der Waals surface area contributed by atoms with Gasteiger partial charge in [0.25, 0.3) is 5.56 Å². The average Bonchev–Trinajstić information content (AvgIpc) is 3.36. The molecule has 4 rings (SSSR count). The van der Waals surface area contributed by atoms with Crippen molar-refractivity contribution in [1.29, 1.82) is 0 Å². The quantitative estimate of drug-likeness (QED) is 0.709. The number of carbonyl (C=O) groups is 1. The van der Waals surface area contributed by atoms with Gasteiger partial charge in [-0.2, -0.15) is 0 Å². The van der Waals surface area contributed by atoms with E-state index in [1.165, 1.54) is 15.9 Å². The Balaban J connectivity index is 1.72. The number of rotatable bonds is 5. The van der Waals surface area contributed by atoms with Crippen molar-refractivity contribution in [3.05, 3.63) is 38.2 Å². The van der Waals surface area contributed by atoms with Crippen LogP contribution in [0.1, 0.15) is 29.1 Å². The molecule has 0 bridgehead atoms. The highest BCUT2D eigenvalue weighted by atomic mass is 32.1. The van der Waals surface area contributed by atoms with Crippen LogP contribution in [0, 0.1) is 13.8 Å². The third kappa shape index (κ3) is 3.67. The van der Waals surface area contributed by atoms with Gasteiger partial charge in [0.05, 0.1) is 11.9 Å². The summed E-state index contributed by atoms with van der Waals surface area (Å²) in [6.45, 7) is 6.48. The number of fused-ring (bicyclic) bond motifs is 1. The van der Waals surface area contributed by atoms with Gasteiger partial charge < -0.3 is 5.32 Å². The van der Waals surface area contributed by atoms with Crippen molar-refractivity contribution >= 4 is 43.9 Å². The Morgan fingerprint density at radius 1 is 1.30 bits per heavy atom. The molecule has 1 saturated heterocycles. The Bertz CT molecular complexity index is 1030. The van der Waals surface area contributed by atoms with E-state index in [1.54, 1.807) is 22.9 Å². The first-order valence-corrected chi connectivity index (χ1v) is 10.6. The summed E-state index contributed by atoms with van der Waals surface area (Å²) in [4.78, 5) is 38.7. The molecule has 1 fully saturated rings. The summed E-state index contributed by atoms with van der Waals surface area (Å²) in [5.41, 5.74) is 0.819. The third-order valence-electron chi connectivity index (χ3n) is 4.91. The van der Waals surface area contributed by atoms with Crippen molar-refractivity contribution in [3.63, 3.8) is 0 Å². The van der Waals surface area contributed by atoms with E-state index in [9.17, 15) is 9.59 Å². The SMILES string of the molecule is Cc1sc2nc(CN3CCCC3)n(CC(=O)Nc3nccs3)c(=O)c2c1C. The van der Waals surface area contributed by atoms with Crippen LogP contribution in [0.2, 0.25) is 0 Å². The van der Waals surface area contributed by atoms with E-state index < -0.39 is 0 Å². The summed E-state index contributed by atoms with van der Waals surface area (Å²) in [5.74, 6) is 0.394. The molecule has 7 nitrogen and oxygen atoms in total. The fourth-order valence-electron chi connectivity index (χ4n) is 3.38. The first kappa shape index (κ1) is 18.3. The maximum atomic E-state index is 13.2. The summed E-state index contributed by atoms with van der Waals surface area (Å²) in [6.07, 6.45) is 3.96. The van der Waals surface area contributed by atoms with Crippen LogP contribution in [0.15, 0.2) is 16.4 Å². The molecule has 27 heavy (non-hydrogen) atoms. The van der Waals surface area contributed by atoms with Gasteiger partial charge in [0, 0.05) is 16.5 Å². The smallest absolute Gasteiger partial charge is 0.263 e. The lowest BCUT2D eigenvalue weighted by molar-refractivity contribution is -0.116. The topological polar surface area (TPSA) is 80.1 Å². The van der Waals surface area contributed by atoms with E-state index in [4.69, 9.17) is 4.98 Å². The summed E-state index contributed by atoms with van der Waals surface area (Å²) in [6, 6.07) is 0. The number of thiophene rings is 1. The minimum absolute atomic E-state index is 0.0567. The molecule has 0 radical (unpaired) electrons. The third-order valence-corrected chi connectivity index (χ3v) is 6.70. The molecule has 9 heteroatoms. The molecule has 0 spiro atoms. The number of aryl methyl sites for hydroxylation is 2. The van der Waals surface area contributed by atoms with Crippen LogP contribution in [0.25, 0.3) is 10.2 Å². The largest absolute Gasteiger partial charge is 0.300 e. The van der Waals surface area contributed by atoms with Crippen molar-refractivity contribution in [2.45, 2.75) is 39.8 Å². The number of nitrogens with one attached hydrogen (secondary N) is 1. The van der Waals surface area contributed by atoms with Gasteiger partial charge in [-0.3, -0.25) is 19.1 Å². The number of aromatic nitrogens is 3. The highest BCUT2D eigenvalue weighted by Gasteiger charge is 2.21. The fourth-order valence-corrected chi connectivity index (χ4v) is 4.97. The number of likely N-dealkylation sites (tertiary alicyclic amines) is 1. The number of carbonyl (C=O) groups excluding carboxylic acids is 1. The zero-order valence-corrected chi connectivity index (χ0v) is 17.0. The number of nitrogens with zero attached hydrogens (tertiary/aromatic N) is 4. The maximum absolute atomic E-state index is 13.2. The van der Waals surface area contributed by atoms with E-state index in [2.05, 4.69) is 15.2 Å². The zero-order chi connectivity index (χ0) is 19.0. The Morgan fingerprint density at radius 2 is 2.07 bits per heavy atom.